The first kappa shape index (κ1) is 16.5. The Bertz CT molecular complexity index is 432. The van der Waals surface area contributed by atoms with E-state index in [0.29, 0.717) is 25.5 Å². The number of carbonyl (C=O) groups is 1. The molecule has 0 aliphatic carbocycles. The fraction of sp³-hybridized carbons (Fsp3) is 0.562. The molecule has 1 aromatic rings. The van der Waals surface area contributed by atoms with Crippen LogP contribution in [-0.2, 0) is 4.79 Å². The summed E-state index contributed by atoms with van der Waals surface area (Å²) in [7, 11) is 1.77. The highest BCUT2D eigenvalue weighted by molar-refractivity contribution is 5.81. The van der Waals surface area contributed by atoms with E-state index in [1.54, 1.807) is 11.9 Å². The number of carbonyl (C=O) groups excluding carboxylic acids is 1. The van der Waals surface area contributed by atoms with E-state index in [-0.39, 0.29) is 5.91 Å². The van der Waals surface area contributed by atoms with Gasteiger partial charge in [-0.1, -0.05) is 26.0 Å². The summed E-state index contributed by atoms with van der Waals surface area (Å²) in [6, 6.07) is 7.45. The highest BCUT2D eigenvalue weighted by Gasteiger charge is 2.18. The molecule has 1 amide bonds. The Morgan fingerprint density at radius 1 is 1.40 bits per heavy atom. The Morgan fingerprint density at radius 3 is 2.70 bits per heavy atom. The Kier molecular flexibility index (Phi) is 6.52. The molecule has 0 aliphatic rings. The third-order valence-corrected chi connectivity index (χ3v) is 3.10. The van der Waals surface area contributed by atoms with Crippen molar-refractivity contribution in [3.05, 3.63) is 29.8 Å². The summed E-state index contributed by atoms with van der Waals surface area (Å²) in [5, 5.41) is 0. The maximum absolute atomic E-state index is 12.0. The number of likely N-dealkylation sites (N-methyl/N-ethyl adjacent to an activating group) is 1. The first-order chi connectivity index (χ1) is 9.40. The monoisotopic (exact) mass is 278 g/mol. The molecule has 112 valence electrons. The van der Waals surface area contributed by atoms with Crippen molar-refractivity contribution < 1.29 is 9.53 Å². The molecule has 2 N–H and O–H groups in total. The van der Waals surface area contributed by atoms with Gasteiger partial charge in [-0.3, -0.25) is 4.79 Å². The number of rotatable bonds is 7. The summed E-state index contributed by atoms with van der Waals surface area (Å²) in [5.74, 6) is 1.23. The topological polar surface area (TPSA) is 55.6 Å². The van der Waals surface area contributed by atoms with E-state index in [9.17, 15) is 4.79 Å². The van der Waals surface area contributed by atoms with Gasteiger partial charge in [0, 0.05) is 7.05 Å². The number of aryl methyl sites for hydroxylation is 1. The van der Waals surface area contributed by atoms with Crippen LogP contribution in [0.1, 0.15) is 25.8 Å². The van der Waals surface area contributed by atoms with Gasteiger partial charge in [-0.25, -0.2) is 0 Å². The lowest BCUT2D eigenvalue weighted by Crippen LogP contribution is -2.43. The molecule has 1 atom stereocenters. The molecule has 0 unspecified atom stereocenters. The van der Waals surface area contributed by atoms with Crippen LogP contribution in [0.5, 0.6) is 5.75 Å². The van der Waals surface area contributed by atoms with Gasteiger partial charge in [-0.2, -0.15) is 0 Å². The van der Waals surface area contributed by atoms with Crippen LogP contribution in [-0.4, -0.2) is 37.0 Å². The molecule has 0 fully saturated rings. The van der Waals surface area contributed by atoms with E-state index in [4.69, 9.17) is 10.5 Å². The minimum absolute atomic E-state index is 0.0217. The smallest absolute Gasteiger partial charge is 0.239 e. The average Bonchev–Trinajstić information content (AvgIpc) is 2.37. The van der Waals surface area contributed by atoms with Crippen LogP contribution in [0.15, 0.2) is 24.3 Å². The number of ether oxygens (including phenoxy) is 1. The molecular formula is C16H26N2O2. The van der Waals surface area contributed by atoms with Crippen LogP contribution in [0.4, 0.5) is 0 Å². The van der Waals surface area contributed by atoms with E-state index in [1.165, 1.54) is 0 Å². The number of nitrogens with zero attached hydrogens (tertiary/aromatic N) is 1. The summed E-state index contributed by atoms with van der Waals surface area (Å²) in [6.07, 6.45) is 0.710. The predicted molar refractivity (Wildman–Crippen MR) is 81.7 cm³/mol. The summed E-state index contributed by atoms with van der Waals surface area (Å²) >= 11 is 0. The molecule has 1 rings (SSSR count). The van der Waals surface area contributed by atoms with Crippen LogP contribution in [0.25, 0.3) is 0 Å². The van der Waals surface area contributed by atoms with Crippen molar-refractivity contribution in [2.75, 3.05) is 20.2 Å². The highest BCUT2D eigenvalue weighted by Crippen LogP contribution is 2.12. The number of hydrogen-bond acceptors (Lipinski definition) is 3. The van der Waals surface area contributed by atoms with Crippen LogP contribution in [0.2, 0.25) is 0 Å². The van der Waals surface area contributed by atoms with Crippen LogP contribution in [0, 0.1) is 12.8 Å². The zero-order valence-electron chi connectivity index (χ0n) is 12.9. The van der Waals surface area contributed by atoms with Crippen molar-refractivity contribution >= 4 is 5.91 Å². The van der Waals surface area contributed by atoms with Crippen LogP contribution >= 0.6 is 0 Å². The van der Waals surface area contributed by atoms with Gasteiger partial charge in [0.2, 0.25) is 5.91 Å². The van der Waals surface area contributed by atoms with Crippen molar-refractivity contribution in [1.29, 1.82) is 0 Å². The van der Waals surface area contributed by atoms with Crippen molar-refractivity contribution in [3.63, 3.8) is 0 Å². The molecule has 4 nitrogen and oxygen atoms in total. The molecule has 0 saturated carbocycles. The van der Waals surface area contributed by atoms with Gasteiger partial charge < -0.3 is 15.4 Å². The fourth-order valence-electron chi connectivity index (χ4n) is 2.01. The number of nitrogens with two attached hydrogens (primary N) is 1. The molecule has 0 saturated heterocycles. The Balaban J connectivity index is 2.35. The molecule has 0 spiro atoms. The van der Waals surface area contributed by atoms with E-state index in [2.05, 4.69) is 13.8 Å². The van der Waals surface area contributed by atoms with Gasteiger partial charge in [0.05, 0.1) is 12.6 Å². The standard InChI is InChI=1S/C16H26N2O2/c1-12(2)10-15(17)16(19)18(4)8-9-20-14-7-5-6-13(3)11-14/h5-7,11-12,15H,8-10,17H2,1-4H3/t15-/m0/s1. The zero-order chi connectivity index (χ0) is 15.1. The van der Waals surface area contributed by atoms with Crippen molar-refractivity contribution in [1.82, 2.24) is 4.90 Å². The van der Waals surface area contributed by atoms with Gasteiger partial charge in [0.25, 0.3) is 0 Å². The summed E-state index contributed by atoms with van der Waals surface area (Å²) < 4.78 is 5.63. The minimum Gasteiger partial charge on any atom is -0.492 e. The summed E-state index contributed by atoms with van der Waals surface area (Å²) in [4.78, 5) is 13.7. The minimum atomic E-state index is -0.418. The Hall–Kier alpha value is -1.55. The lowest BCUT2D eigenvalue weighted by molar-refractivity contribution is -0.131. The largest absolute Gasteiger partial charge is 0.492 e. The van der Waals surface area contributed by atoms with Crippen molar-refractivity contribution in [3.8, 4) is 5.75 Å². The zero-order valence-corrected chi connectivity index (χ0v) is 12.9. The van der Waals surface area contributed by atoms with Crippen LogP contribution in [0.3, 0.4) is 0 Å². The second-order valence-electron chi connectivity index (χ2n) is 5.66. The molecule has 0 aromatic heterocycles. The molecular weight excluding hydrogens is 252 g/mol. The average molecular weight is 278 g/mol. The lowest BCUT2D eigenvalue weighted by Gasteiger charge is -2.22. The van der Waals surface area contributed by atoms with Gasteiger partial charge >= 0.3 is 0 Å². The molecule has 1 aromatic carbocycles. The van der Waals surface area contributed by atoms with Crippen LogP contribution < -0.4 is 10.5 Å². The fourth-order valence-corrected chi connectivity index (χ4v) is 2.01. The normalized spacial score (nSPS) is 12.3. The maximum atomic E-state index is 12.0. The van der Waals surface area contributed by atoms with Gasteiger partial charge in [-0.15, -0.1) is 0 Å². The number of hydrogen-bond donors (Lipinski definition) is 1. The van der Waals surface area contributed by atoms with Gasteiger partial charge in [0.1, 0.15) is 12.4 Å². The summed E-state index contributed by atoms with van der Waals surface area (Å²) in [5.41, 5.74) is 7.05. The predicted octanol–water partition coefficient (Wildman–Crippen LogP) is 2.21. The lowest BCUT2D eigenvalue weighted by atomic mass is 10.0. The van der Waals surface area contributed by atoms with E-state index in [1.807, 2.05) is 31.2 Å². The third kappa shape index (κ3) is 5.61. The van der Waals surface area contributed by atoms with Crippen molar-refractivity contribution in [2.45, 2.75) is 33.2 Å². The summed E-state index contributed by atoms with van der Waals surface area (Å²) in [6.45, 7) is 7.16. The molecule has 4 heteroatoms. The molecule has 0 bridgehead atoms. The van der Waals surface area contributed by atoms with E-state index >= 15 is 0 Å². The highest BCUT2D eigenvalue weighted by atomic mass is 16.5. The quantitative estimate of drug-likeness (QED) is 0.832. The number of benzene rings is 1. The molecule has 0 aliphatic heterocycles. The van der Waals surface area contributed by atoms with Crippen molar-refractivity contribution in [2.24, 2.45) is 11.7 Å². The maximum Gasteiger partial charge on any atom is 0.239 e. The molecule has 20 heavy (non-hydrogen) atoms. The SMILES string of the molecule is Cc1cccc(OCCN(C)C(=O)[C@@H](N)CC(C)C)c1. The number of amides is 1. The van der Waals surface area contributed by atoms with E-state index < -0.39 is 6.04 Å². The first-order valence-electron chi connectivity index (χ1n) is 7.10. The Morgan fingerprint density at radius 2 is 2.10 bits per heavy atom. The second kappa shape index (κ2) is 7.90. The Labute approximate surface area is 121 Å². The second-order valence-corrected chi connectivity index (χ2v) is 5.66. The molecule has 0 heterocycles. The molecule has 0 radical (unpaired) electrons. The third-order valence-electron chi connectivity index (χ3n) is 3.10. The van der Waals surface area contributed by atoms with Gasteiger partial charge in [0.15, 0.2) is 0 Å². The van der Waals surface area contributed by atoms with Gasteiger partial charge in [-0.05, 0) is 37.0 Å². The first-order valence-corrected chi connectivity index (χ1v) is 7.10. The van der Waals surface area contributed by atoms with E-state index in [0.717, 1.165) is 11.3 Å².